The number of hydroxylamine groups is 2. The fraction of sp³-hybridized carbons (Fsp3) is 0.357. The van der Waals surface area contributed by atoms with E-state index in [0.717, 1.165) is 5.06 Å². The van der Waals surface area contributed by atoms with Crippen LogP contribution in [0.4, 0.5) is 4.79 Å². The van der Waals surface area contributed by atoms with E-state index in [2.05, 4.69) is 21.2 Å². The third-order valence-electron chi connectivity index (χ3n) is 3.25. The van der Waals surface area contributed by atoms with Crippen LogP contribution >= 0.6 is 15.9 Å². The van der Waals surface area contributed by atoms with Crippen LogP contribution in [0.15, 0.2) is 22.7 Å². The highest BCUT2D eigenvalue weighted by atomic mass is 79.9. The monoisotopic (exact) mass is 369 g/mol. The zero-order valence-electron chi connectivity index (χ0n) is 12.0. The number of carbonyl (C=O) groups is 3. The number of piperazine rings is 1. The number of nitrogens with zero attached hydrogens (tertiary/aromatic N) is 2. The molecule has 22 heavy (non-hydrogen) atoms. The van der Waals surface area contributed by atoms with Crippen molar-refractivity contribution in [2.75, 3.05) is 33.2 Å². The fourth-order valence-electron chi connectivity index (χ4n) is 2.06. The van der Waals surface area contributed by atoms with Crippen molar-refractivity contribution in [1.82, 2.24) is 15.3 Å². The Bertz CT molecular complexity index is 587. The first-order chi connectivity index (χ1) is 10.5. The number of amides is 2. The molecule has 0 aliphatic carbocycles. The minimum atomic E-state index is -0.581. The molecule has 0 spiro atoms. The molecule has 1 heterocycles. The number of halogens is 1. The van der Waals surface area contributed by atoms with Gasteiger partial charge in [0.25, 0.3) is 5.91 Å². The van der Waals surface area contributed by atoms with Gasteiger partial charge in [-0.05, 0) is 18.2 Å². The molecule has 0 saturated carbocycles. The number of aldehydes is 1. The Morgan fingerprint density at radius 2 is 2.05 bits per heavy atom. The lowest BCUT2D eigenvalue weighted by Gasteiger charge is -2.28. The number of nitrogens with one attached hydrogen (secondary N) is 1. The molecule has 118 valence electrons. The minimum absolute atomic E-state index is 0.175. The predicted octanol–water partition coefficient (Wildman–Crippen LogP) is 1.29. The van der Waals surface area contributed by atoms with Crippen molar-refractivity contribution >= 4 is 34.2 Å². The van der Waals surface area contributed by atoms with Crippen LogP contribution < -0.4 is 5.32 Å². The maximum Gasteiger partial charge on any atom is 0.434 e. The van der Waals surface area contributed by atoms with Gasteiger partial charge >= 0.3 is 6.09 Å². The summed E-state index contributed by atoms with van der Waals surface area (Å²) in [4.78, 5) is 41.9. The van der Waals surface area contributed by atoms with E-state index >= 15 is 0 Å². The van der Waals surface area contributed by atoms with E-state index in [-0.39, 0.29) is 11.1 Å². The van der Waals surface area contributed by atoms with Crippen LogP contribution in [-0.4, -0.2) is 61.5 Å². The van der Waals surface area contributed by atoms with Gasteiger partial charge < -0.3 is 15.1 Å². The van der Waals surface area contributed by atoms with Crippen molar-refractivity contribution in [2.24, 2.45) is 0 Å². The zero-order valence-corrected chi connectivity index (χ0v) is 13.6. The highest BCUT2D eigenvalue weighted by molar-refractivity contribution is 9.10. The standard InChI is InChI=1S/C14H16BrN3O4/c1-17(22-14(21)18-6-4-16-5-7-18)13(20)12-3-2-11(15)8-10(12)9-19/h2-3,8-9,16H,4-7H2,1H3. The lowest BCUT2D eigenvalue weighted by atomic mass is 10.1. The second-order valence-electron chi connectivity index (χ2n) is 4.75. The largest absolute Gasteiger partial charge is 0.434 e. The Balaban J connectivity index is 2.05. The van der Waals surface area contributed by atoms with Gasteiger partial charge in [-0.25, -0.2) is 4.79 Å². The molecule has 1 aliphatic heterocycles. The summed E-state index contributed by atoms with van der Waals surface area (Å²) in [6, 6.07) is 4.68. The van der Waals surface area contributed by atoms with Crippen molar-refractivity contribution in [3.8, 4) is 0 Å². The van der Waals surface area contributed by atoms with Gasteiger partial charge in [-0.15, -0.1) is 0 Å². The molecular weight excluding hydrogens is 354 g/mol. The molecule has 1 aromatic carbocycles. The summed E-state index contributed by atoms with van der Waals surface area (Å²) >= 11 is 3.23. The summed E-state index contributed by atoms with van der Waals surface area (Å²) < 4.78 is 0.687. The van der Waals surface area contributed by atoms with Crippen molar-refractivity contribution < 1.29 is 19.2 Å². The van der Waals surface area contributed by atoms with Crippen LogP contribution in [0.5, 0.6) is 0 Å². The number of carbonyl (C=O) groups excluding carboxylic acids is 3. The highest BCUT2D eigenvalue weighted by Gasteiger charge is 2.23. The van der Waals surface area contributed by atoms with E-state index in [1.54, 1.807) is 6.07 Å². The molecule has 0 radical (unpaired) electrons. The van der Waals surface area contributed by atoms with Gasteiger partial charge in [0.1, 0.15) is 0 Å². The van der Waals surface area contributed by atoms with E-state index < -0.39 is 12.0 Å². The second kappa shape index (κ2) is 7.37. The van der Waals surface area contributed by atoms with Crippen molar-refractivity contribution in [2.45, 2.75) is 0 Å². The Kier molecular flexibility index (Phi) is 5.51. The molecular formula is C14H16BrN3O4. The SMILES string of the molecule is CN(OC(=O)N1CCNCC1)C(=O)c1ccc(Br)cc1C=O. The first-order valence-electron chi connectivity index (χ1n) is 6.73. The normalized spacial score (nSPS) is 14.4. The van der Waals surface area contributed by atoms with Gasteiger partial charge in [-0.2, -0.15) is 5.06 Å². The van der Waals surface area contributed by atoms with Crippen LogP contribution in [-0.2, 0) is 4.84 Å². The Hall–Kier alpha value is -1.93. The van der Waals surface area contributed by atoms with E-state index in [4.69, 9.17) is 4.84 Å². The molecule has 8 heteroatoms. The first kappa shape index (κ1) is 16.4. The van der Waals surface area contributed by atoms with Gasteiger partial charge in [-0.1, -0.05) is 15.9 Å². The molecule has 1 fully saturated rings. The van der Waals surface area contributed by atoms with Gasteiger partial charge in [0.2, 0.25) is 0 Å². The molecule has 1 aromatic rings. The number of hydrogen-bond donors (Lipinski definition) is 1. The van der Waals surface area contributed by atoms with E-state index in [9.17, 15) is 14.4 Å². The quantitative estimate of drug-likeness (QED) is 0.627. The van der Waals surface area contributed by atoms with Crippen LogP contribution in [0.3, 0.4) is 0 Å². The summed E-state index contributed by atoms with van der Waals surface area (Å²) in [5.74, 6) is -0.557. The van der Waals surface area contributed by atoms with Crippen LogP contribution in [0.2, 0.25) is 0 Å². The molecule has 0 bridgehead atoms. The highest BCUT2D eigenvalue weighted by Crippen LogP contribution is 2.17. The average molecular weight is 370 g/mol. The summed E-state index contributed by atoms with van der Waals surface area (Å²) in [5.41, 5.74) is 0.401. The van der Waals surface area contributed by atoms with Gasteiger partial charge in [0, 0.05) is 43.3 Å². The van der Waals surface area contributed by atoms with Crippen molar-refractivity contribution in [3.05, 3.63) is 33.8 Å². The summed E-state index contributed by atoms with van der Waals surface area (Å²) in [6.07, 6.45) is 0.00589. The van der Waals surface area contributed by atoms with E-state index in [1.807, 2.05) is 0 Å². The maximum atomic E-state index is 12.3. The Morgan fingerprint density at radius 1 is 1.36 bits per heavy atom. The topological polar surface area (TPSA) is 79.0 Å². The van der Waals surface area contributed by atoms with E-state index in [0.29, 0.717) is 36.9 Å². The minimum Gasteiger partial charge on any atom is -0.319 e. The predicted molar refractivity (Wildman–Crippen MR) is 82.5 cm³/mol. The van der Waals surface area contributed by atoms with E-state index in [1.165, 1.54) is 24.1 Å². The molecule has 1 saturated heterocycles. The molecule has 0 aromatic heterocycles. The molecule has 1 aliphatic rings. The molecule has 7 nitrogen and oxygen atoms in total. The molecule has 2 rings (SSSR count). The molecule has 1 N–H and O–H groups in total. The number of benzene rings is 1. The number of hydrogen-bond acceptors (Lipinski definition) is 5. The molecule has 0 unspecified atom stereocenters. The lowest BCUT2D eigenvalue weighted by molar-refractivity contribution is -0.0661. The Labute approximate surface area is 136 Å². The summed E-state index contributed by atoms with van der Waals surface area (Å²) in [7, 11) is 1.35. The van der Waals surface area contributed by atoms with Crippen LogP contribution in [0.25, 0.3) is 0 Å². The fourth-order valence-corrected chi connectivity index (χ4v) is 2.44. The lowest BCUT2D eigenvalue weighted by Crippen LogP contribution is -2.48. The Morgan fingerprint density at radius 3 is 2.68 bits per heavy atom. The first-order valence-corrected chi connectivity index (χ1v) is 7.52. The van der Waals surface area contributed by atoms with Gasteiger partial charge in [-0.3, -0.25) is 9.59 Å². The number of rotatable bonds is 2. The zero-order chi connectivity index (χ0) is 16.1. The second-order valence-corrected chi connectivity index (χ2v) is 5.66. The molecule has 0 atom stereocenters. The summed E-state index contributed by atoms with van der Waals surface area (Å²) in [5, 5.41) is 3.97. The smallest absolute Gasteiger partial charge is 0.319 e. The van der Waals surface area contributed by atoms with Crippen molar-refractivity contribution in [3.63, 3.8) is 0 Å². The van der Waals surface area contributed by atoms with Crippen LogP contribution in [0, 0.1) is 0 Å². The van der Waals surface area contributed by atoms with Crippen molar-refractivity contribution in [1.29, 1.82) is 0 Å². The van der Waals surface area contributed by atoms with Crippen LogP contribution in [0.1, 0.15) is 20.7 Å². The third-order valence-corrected chi connectivity index (χ3v) is 3.74. The summed E-state index contributed by atoms with van der Waals surface area (Å²) in [6.45, 7) is 2.43. The molecule has 2 amide bonds. The van der Waals surface area contributed by atoms with Gasteiger partial charge in [0.15, 0.2) is 6.29 Å². The maximum absolute atomic E-state index is 12.3. The van der Waals surface area contributed by atoms with Gasteiger partial charge in [0.05, 0.1) is 5.56 Å². The third kappa shape index (κ3) is 3.83. The average Bonchev–Trinajstić information content (AvgIpc) is 2.54.